The molecule has 4 nitrogen and oxygen atoms in total. The standard InChI is InChI=1S/C18H20FN3O/c19-16-3-1-2-14(4-16)9-22-10-18(11-22)6-17(23-12-18)5-15-7-20-13-21-8-15/h1-4,7-8,13,17H,5-6,9-12H2. The van der Waals surface area contributed by atoms with Crippen LogP contribution in [0.5, 0.6) is 0 Å². The molecule has 2 aromatic rings. The minimum absolute atomic E-state index is 0.160. The molecule has 23 heavy (non-hydrogen) atoms. The average molecular weight is 313 g/mol. The van der Waals surface area contributed by atoms with Crippen molar-refractivity contribution in [2.45, 2.75) is 25.5 Å². The van der Waals surface area contributed by atoms with Gasteiger partial charge in [0.2, 0.25) is 0 Å². The van der Waals surface area contributed by atoms with Gasteiger partial charge < -0.3 is 4.74 Å². The van der Waals surface area contributed by atoms with Crippen LogP contribution in [0.15, 0.2) is 43.0 Å². The van der Waals surface area contributed by atoms with E-state index in [0.29, 0.717) is 0 Å². The van der Waals surface area contributed by atoms with E-state index in [-0.39, 0.29) is 17.3 Å². The zero-order valence-electron chi connectivity index (χ0n) is 13.0. The van der Waals surface area contributed by atoms with Crippen molar-refractivity contribution < 1.29 is 9.13 Å². The van der Waals surface area contributed by atoms with Gasteiger partial charge in [-0.15, -0.1) is 0 Å². The third-order valence-corrected chi connectivity index (χ3v) is 4.78. The second-order valence-electron chi connectivity index (χ2n) is 6.86. The van der Waals surface area contributed by atoms with Gasteiger partial charge in [-0.05, 0) is 29.7 Å². The molecule has 1 atom stereocenters. The van der Waals surface area contributed by atoms with Crippen LogP contribution in [-0.2, 0) is 17.7 Å². The Morgan fingerprint density at radius 3 is 2.83 bits per heavy atom. The van der Waals surface area contributed by atoms with E-state index < -0.39 is 0 Å². The Balaban J connectivity index is 1.29. The molecule has 2 saturated heterocycles. The Morgan fingerprint density at radius 1 is 1.22 bits per heavy atom. The molecule has 0 N–H and O–H groups in total. The van der Waals surface area contributed by atoms with Crippen LogP contribution >= 0.6 is 0 Å². The van der Waals surface area contributed by atoms with Crippen LogP contribution in [0, 0.1) is 11.2 Å². The summed E-state index contributed by atoms with van der Waals surface area (Å²) in [6.07, 6.45) is 7.50. The van der Waals surface area contributed by atoms with Gasteiger partial charge in [-0.3, -0.25) is 4.90 Å². The van der Waals surface area contributed by atoms with Crippen LogP contribution < -0.4 is 0 Å². The van der Waals surface area contributed by atoms with Gasteiger partial charge in [-0.25, -0.2) is 14.4 Å². The monoisotopic (exact) mass is 313 g/mol. The Labute approximate surface area is 135 Å². The van der Waals surface area contributed by atoms with E-state index in [4.69, 9.17) is 4.74 Å². The number of likely N-dealkylation sites (tertiary alicyclic amines) is 1. The Hall–Kier alpha value is -1.85. The van der Waals surface area contributed by atoms with Crippen LogP contribution in [0.2, 0.25) is 0 Å². The molecule has 2 aliphatic heterocycles. The van der Waals surface area contributed by atoms with E-state index in [2.05, 4.69) is 14.9 Å². The van der Waals surface area contributed by atoms with Crippen LogP contribution in [0.3, 0.4) is 0 Å². The van der Waals surface area contributed by atoms with Gasteiger partial charge in [-0.1, -0.05) is 12.1 Å². The summed E-state index contributed by atoms with van der Waals surface area (Å²) in [6, 6.07) is 6.87. The molecule has 2 fully saturated rings. The highest BCUT2D eigenvalue weighted by atomic mass is 19.1. The highest BCUT2D eigenvalue weighted by molar-refractivity contribution is 5.17. The summed E-state index contributed by atoms with van der Waals surface area (Å²) < 4.78 is 19.2. The van der Waals surface area contributed by atoms with Crippen molar-refractivity contribution in [3.63, 3.8) is 0 Å². The van der Waals surface area contributed by atoms with Gasteiger partial charge in [0.25, 0.3) is 0 Å². The molecule has 0 amide bonds. The summed E-state index contributed by atoms with van der Waals surface area (Å²) in [6.45, 7) is 3.71. The fourth-order valence-corrected chi connectivity index (χ4v) is 3.85. The van der Waals surface area contributed by atoms with Gasteiger partial charge in [0.1, 0.15) is 12.1 Å². The summed E-state index contributed by atoms with van der Waals surface area (Å²) in [7, 11) is 0. The van der Waals surface area contributed by atoms with Crippen molar-refractivity contribution in [1.82, 2.24) is 14.9 Å². The smallest absolute Gasteiger partial charge is 0.123 e. The zero-order valence-corrected chi connectivity index (χ0v) is 13.0. The van der Waals surface area contributed by atoms with Gasteiger partial charge in [0.15, 0.2) is 0 Å². The molecular weight excluding hydrogens is 293 g/mol. The maximum absolute atomic E-state index is 13.2. The quantitative estimate of drug-likeness (QED) is 0.869. The predicted molar refractivity (Wildman–Crippen MR) is 84.2 cm³/mol. The fraction of sp³-hybridized carbons (Fsp3) is 0.444. The summed E-state index contributed by atoms with van der Waals surface area (Å²) in [5, 5.41) is 0. The van der Waals surface area contributed by atoms with E-state index in [1.54, 1.807) is 18.5 Å². The molecule has 120 valence electrons. The lowest BCUT2D eigenvalue weighted by atomic mass is 9.77. The van der Waals surface area contributed by atoms with Crippen LogP contribution in [0.4, 0.5) is 4.39 Å². The lowest BCUT2D eigenvalue weighted by molar-refractivity contribution is -0.0141. The molecular formula is C18H20FN3O. The van der Waals surface area contributed by atoms with Gasteiger partial charge in [0, 0.05) is 43.9 Å². The largest absolute Gasteiger partial charge is 0.377 e. The van der Waals surface area contributed by atoms with Crippen molar-refractivity contribution in [3.8, 4) is 0 Å². The summed E-state index contributed by atoms with van der Waals surface area (Å²) in [4.78, 5) is 10.5. The van der Waals surface area contributed by atoms with E-state index in [1.165, 1.54) is 6.07 Å². The average Bonchev–Trinajstić information content (AvgIpc) is 2.92. The number of ether oxygens (including phenoxy) is 1. The SMILES string of the molecule is Fc1cccc(CN2CC3(COC(Cc4cncnc4)C3)C2)c1. The molecule has 0 aliphatic carbocycles. The molecule has 1 aromatic carbocycles. The van der Waals surface area contributed by atoms with E-state index in [9.17, 15) is 4.39 Å². The number of halogens is 1. The fourth-order valence-electron chi connectivity index (χ4n) is 3.85. The van der Waals surface area contributed by atoms with Crippen LogP contribution in [-0.4, -0.2) is 40.7 Å². The molecule has 1 unspecified atom stereocenters. The first-order valence-corrected chi connectivity index (χ1v) is 8.03. The molecule has 1 aromatic heterocycles. The minimum Gasteiger partial charge on any atom is -0.377 e. The molecule has 4 rings (SSSR count). The minimum atomic E-state index is -0.160. The number of hydrogen-bond acceptors (Lipinski definition) is 4. The Bertz CT molecular complexity index is 673. The first kappa shape index (κ1) is 14.7. The van der Waals surface area contributed by atoms with Gasteiger partial charge in [-0.2, -0.15) is 0 Å². The number of aromatic nitrogens is 2. The van der Waals surface area contributed by atoms with Crippen molar-refractivity contribution >= 4 is 0 Å². The van der Waals surface area contributed by atoms with Crippen molar-refractivity contribution in [2.75, 3.05) is 19.7 Å². The number of nitrogens with zero attached hydrogens (tertiary/aromatic N) is 3. The predicted octanol–water partition coefficient (Wildman–Crippen LogP) is 2.45. The lowest BCUT2D eigenvalue weighted by Gasteiger charge is -2.47. The molecule has 0 bridgehead atoms. The third kappa shape index (κ3) is 3.26. The van der Waals surface area contributed by atoms with Gasteiger partial charge >= 0.3 is 0 Å². The van der Waals surface area contributed by atoms with Crippen LogP contribution in [0.25, 0.3) is 0 Å². The summed E-state index contributed by atoms with van der Waals surface area (Å²) in [5.41, 5.74) is 2.45. The maximum Gasteiger partial charge on any atom is 0.123 e. The Kier molecular flexibility index (Phi) is 3.83. The molecule has 0 radical (unpaired) electrons. The van der Waals surface area contributed by atoms with E-state index in [1.807, 2.05) is 18.5 Å². The van der Waals surface area contributed by atoms with Crippen molar-refractivity contribution in [3.05, 3.63) is 59.9 Å². The highest BCUT2D eigenvalue weighted by Gasteiger charge is 2.48. The van der Waals surface area contributed by atoms with Crippen LogP contribution in [0.1, 0.15) is 17.5 Å². The number of hydrogen-bond donors (Lipinski definition) is 0. The second kappa shape index (κ2) is 5.98. The van der Waals surface area contributed by atoms with E-state index >= 15 is 0 Å². The number of rotatable bonds is 4. The lowest BCUT2D eigenvalue weighted by Crippen LogP contribution is -2.56. The topological polar surface area (TPSA) is 38.2 Å². The Morgan fingerprint density at radius 2 is 2.04 bits per heavy atom. The van der Waals surface area contributed by atoms with Gasteiger partial charge in [0.05, 0.1) is 12.7 Å². The second-order valence-corrected chi connectivity index (χ2v) is 6.86. The maximum atomic E-state index is 13.2. The zero-order chi connectivity index (χ0) is 15.7. The van der Waals surface area contributed by atoms with Crippen molar-refractivity contribution in [2.24, 2.45) is 5.41 Å². The number of benzene rings is 1. The summed E-state index contributed by atoms with van der Waals surface area (Å²) >= 11 is 0. The summed E-state index contributed by atoms with van der Waals surface area (Å²) in [5.74, 6) is -0.160. The first-order valence-electron chi connectivity index (χ1n) is 8.03. The molecule has 2 aliphatic rings. The molecule has 5 heteroatoms. The normalized spacial score (nSPS) is 23.1. The molecule has 1 spiro atoms. The molecule has 3 heterocycles. The van der Waals surface area contributed by atoms with Crippen molar-refractivity contribution in [1.29, 1.82) is 0 Å². The first-order chi connectivity index (χ1) is 11.2. The highest BCUT2D eigenvalue weighted by Crippen LogP contribution is 2.42. The third-order valence-electron chi connectivity index (χ3n) is 4.78. The molecule has 0 saturated carbocycles. The van der Waals surface area contributed by atoms with E-state index in [0.717, 1.165) is 50.2 Å².